The van der Waals surface area contributed by atoms with E-state index >= 15 is 0 Å². The Morgan fingerprint density at radius 2 is 1.94 bits per heavy atom. The molecule has 0 unspecified atom stereocenters. The summed E-state index contributed by atoms with van der Waals surface area (Å²) in [6.07, 6.45) is 11.6. The highest BCUT2D eigenvalue weighted by molar-refractivity contribution is 5.38. The second kappa shape index (κ2) is 5.22. The zero-order valence-corrected chi connectivity index (χ0v) is 10.8. The third-order valence-corrected chi connectivity index (χ3v) is 4.39. The van der Waals surface area contributed by atoms with Crippen molar-refractivity contribution in [2.75, 3.05) is 11.4 Å². The van der Waals surface area contributed by atoms with E-state index in [2.05, 4.69) is 14.9 Å². The van der Waals surface area contributed by atoms with Crippen LogP contribution in [0, 0.1) is 5.92 Å². The average Bonchev–Trinajstić information content (AvgIpc) is 2.47. The molecular weight excluding hydrogens is 226 g/mol. The van der Waals surface area contributed by atoms with Crippen LogP contribution in [0.1, 0.15) is 44.2 Å². The molecule has 1 saturated heterocycles. The molecule has 0 bridgehead atoms. The summed E-state index contributed by atoms with van der Waals surface area (Å²) < 4.78 is 0. The minimum Gasteiger partial charge on any atom is -0.390 e. The van der Waals surface area contributed by atoms with E-state index in [4.69, 9.17) is 5.11 Å². The van der Waals surface area contributed by atoms with E-state index in [1.54, 1.807) is 6.20 Å². The number of piperidine rings is 1. The first-order chi connectivity index (χ1) is 8.88. The molecule has 1 aliphatic carbocycles. The van der Waals surface area contributed by atoms with Gasteiger partial charge in [-0.15, -0.1) is 0 Å². The maximum Gasteiger partial charge on any atom is 0.147 e. The molecule has 1 saturated carbocycles. The van der Waals surface area contributed by atoms with Crippen molar-refractivity contribution < 1.29 is 5.11 Å². The summed E-state index contributed by atoms with van der Waals surface area (Å²) in [5.41, 5.74) is 0.649. The van der Waals surface area contributed by atoms with Crippen LogP contribution in [0.25, 0.3) is 0 Å². The van der Waals surface area contributed by atoms with Crippen LogP contribution in [0.5, 0.6) is 0 Å². The first kappa shape index (κ1) is 11.9. The minimum atomic E-state index is -0.0284. The van der Waals surface area contributed by atoms with Crippen molar-refractivity contribution in [3.8, 4) is 0 Å². The lowest BCUT2D eigenvalue weighted by atomic mass is 9.78. The van der Waals surface area contributed by atoms with Gasteiger partial charge in [-0.05, 0) is 31.6 Å². The molecule has 18 heavy (non-hydrogen) atoms. The zero-order valence-electron chi connectivity index (χ0n) is 10.8. The number of hydrogen-bond donors (Lipinski definition) is 1. The molecule has 0 radical (unpaired) electrons. The number of rotatable bonds is 2. The van der Waals surface area contributed by atoms with Crippen molar-refractivity contribution in [1.29, 1.82) is 0 Å². The van der Waals surface area contributed by atoms with E-state index in [1.807, 2.05) is 6.20 Å². The molecule has 4 heteroatoms. The average molecular weight is 247 g/mol. The Morgan fingerprint density at radius 3 is 2.72 bits per heavy atom. The molecule has 1 aromatic heterocycles. The fourth-order valence-electron chi connectivity index (χ4n) is 3.49. The van der Waals surface area contributed by atoms with E-state index in [0.29, 0.717) is 11.7 Å². The third-order valence-electron chi connectivity index (χ3n) is 4.39. The van der Waals surface area contributed by atoms with Crippen LogP contribution in [-0.4, -0.2) is 27.7 Å². The first-order valence-electron chi connectivity index (χ1n) is 7.07. The van der Waals surface area contributed by atoms with E-state index in [-0.39, 0.29) is 6.61 Å². The summed E-state index contributed by atoms with van der Waals surface area (Å²) in [6.45, 7) is 1.08. The second-order valence-corrected chi connectivity index (χ2v) is 5.47. The van der Waals surface area contributed by atoms with Crippen molar-refractivity contribution in [2.24, 2.45) is 5.92 Å². The van der Waals surface area contributed by atoms with Crippen molar-refractivity contribution in [2.45, 2.75) is 51.2 Å². The molecule has 2 atom stereocenters. The van der Waals surface area contributed by atoms with Gasteiger partial charge in [-0.2, -0.15) is 0 Å². The van der Waals surface area contributed by atoms with Gasteiger partial charge in [0.1, 0.15) is 5.82 Å². The van der Waals surface area contributed by atoms with Crippen LogP contribution in [-0.2, 0) is 6.61 Å². The van der Waals surface area contributed by atoms with E-state index in [1.165, 1.54) is 38.5 Å². The molecule has 0 spiro atoms. The Balaban J connectivity index is 1.80. The molecule has 2 fully saturated rings. The molecule has 2 heterocycles. The number of aliphatic hydroxyl groups is 1. The molecule has 4 nitrogen and oxygen atoms in total. The van der Waals surface area contributed by atoms with Crippen molar-refractivity contribution >= 4 is 5.82 Å². The number of aliphatic hydroxyl groups excluding tert-OH is 1. The predicted molar refractivity (Wildman–Crippen MR) is 70.3 cm³/mol. The third kappa shape index (κ3) is 2.21. The van der Waals surface area contributed by atoms with E-state index in [9.17, 15) is 0 Å². The van der Waals surface area contributed by atoms with E-state index < -0.39 is 0 Å². The Morgan fingerprint density at radius 1 is 1.11 bits per heavy atom. The van der Waals surface area contributed by atoms with Gasteiger partial charge in [0.2, 0.25) is 0 Å². The predicted octanol–water partition coefficient (Wildman–Crippen LogP) is 2.13. The van der Waals surface area contributed by atoms with Crippen molar-refractivity contribution in [1.82, 2.24) is 9.97 Å². The van der Waals surface area contributed by atoms with Gasteiger partial charge in [0.25, 0.3) is 0 Å². The van der Waals surface area contributed by atoms with Crippen LogP contribution < -0.4 is 4.90 Å². The van der Waals surface area contributed by atoms with Gasteiger partial charge in [0.05, 0.1) is 24.7 Å². The van der Waals surface area contributed by atoms with Crippen LogP contribution in [0.4, 0.5) is 5.82 Å². The number of nitrogens with zero attached hydrogens (tertiary/aromatic N) is 3. The normalized spacial score (nSPS) is 27.9. The topological polar surface area (TPSA) is 49.3 Å². The standard InChI is InChI=1S/C14H21N3O/c18-10-12-8-16-14(9-15-12)17-7-3-5-11-4-1-2-6-13(11)17/h8-9,11,13,18H,1-7,10H2/t11-,13-/m1/s1. The Kier molecular flexibility index (Phi) is 3.46. The summed E-state index contributed by atoms with van der Waals surface area (Å²) in [5, 5.41) is 9.01. The minimum absolute atomic E-state index is 0.0284. The lowest BCUT2D eigenvalue weighted by Crippen LogP contribution is -2.47. The molecule has 2 aliphatic rings. The van der Waals surface area contributed by atoms with Crippen LogP contribution >= 0.6 is 0 Å². The Bertz CT molecular complexity index is 391. The molecule has 0 aromatic carbocycles. The molecule has 98 valence electrons. The zero-order chi connectivity index (χ0) is 12.4. The lowest BCUT2D eigenvalue weighted by molar-refractivity contribution is 0.242. The largest absolute Gasteiger partial charge is 0.390 e. The summed E-state index contributed by atoms with van der Waals surface area (Å²) in [4.78, 5) is 11.2. The fraction of sp³-hybridized carbons (Fsp3) is 0.714. The molecule has 3 rings (SSSR count). The van der Waals surface area contributed by atoms with Crippen LogP contribution in [0.3, 0.4) is 0 Å². The summed E-state index contributed by atoms with van der Waals surface area (Å²) >= 11 is 0. The van der Waals surface area contributed by atoms with Crippen LogP contribution in [0.15, 0.2) is 12.4 Å². The Labute approximate surface area is 108 Å². The lowest BCUT2D eigenvalue weighted by Gasteiger charge is -2.44. The van der Waals surface area contributed by atoms with E-state index in [0.717, 1.165) is 18.3 Å². The number of aromatic nitrogens is 2. The van der Waals surface area contributed by atoms with Gasteiger partial charge in [0.15, 0.2) is 0 Å². The van der Waals surface area contributed by atoms with Gasteiger partial charge in [-0.3, -0.25) is 4.98 Å². The molecule has 1 aliphatic heterocycles. The summed E-state index contributed by atoms with van der Waals surface area (Å²) in [7, 11) is 0. The Hall–Kier alpha value is -1.16. The van der Waals surface area contributed by atoms with Gasteiger partial charge in [-0.25, -0.2) is 4.98 Å². The highest BCUT2D eigenvalue weighted by atomic mass is 16.3. The quantitative estimate of drug-likeness (QED) is 0.869. The SMILES string of the molecule is OCc1cnc(N2CCC[C@H]3CCCC[C@H]32)cn1. The maximum atomic E-state index is 9.01. The highest BCUT2D eigenvalue weighted by Crippen LogP contribution is 2.36. The second-order valence-electron chi connectivity index (χ2n) is 5.47. The monoisotopic (exact) mass is 247 g/mol. The number of fused-ring (bicyclic) bond motifs is 1. The first-order valence-corrected chi connectivity index (χ1v) is 7.07. The maximum absolute atomic E-state index is 9.01. The van der Waals surface area contributed by atoms with Gasteiger partial charge in [0, 0.05) is 12.6 Å². The fourth-order valence-corrected chi connectivity index (χ4v) is 3.49. The summed E-state index contributed by atoms with van der Waals surface area (Å²) in [6, 6.07) is 0.668. The van der Waals surface area contributed by atoms with Gasteiger partial charge >= 0.3 is 0 Å². The van der Waals surface area contributed by atoms with Crippen molar-refractivity contribution in [3.05, 3.63) is 18.1 Å². The van der Waals surface area contributed by atoms with Gasteiger partial charge < -0.3 is 10.0 Å². The molecule has 1 N–H and O–H groups in total. The smallest absolute Gasteiger partial charge is 0.147 e. The number of anilines is 1. The molecular formula is C14H21N3O. The highest BCUT2D eigenvalue weighted by Gasteiger charge is 2.33. The van der Waals surface area contributed by atoms with Gasteiger partial charge in [-0.1, -0.05) is 12.8 Å². The summed E-state index contributed by atoms with van der Waals surface area (Å²) in [5.74, 6) is 1.84. The van der Waals surface area contributed by atoms with Crippen LogP contribution in [0.2, 0.25) is 0 Å². The van der Waals surface area contributed by atoms with Crippen molar-refractivity contribution in [3.63, 3.8) is 0 Å². The molecule has 1 aromatic rings. The molecule has 0 amide bonds. The number of hydrogen-bond acceptors (Lipinski definition) is 4.